The average Bonchev–Trinajstić information content (AvgIpc) is 3.02. The van der Waals surface area contributed by atoms with Gasteiger partial charge in [0.05, 0.1) is 19.4 Å². The van der Waals surface area contributed by atoms with Crippen molar-refractivity contribution in [2.75, 3.05) is 19.0 Å². The van der Waals surface area contributed by atoms with Gasteiger partial charge in [-0.25, -0.2) is 9.80 Å². The average molecular weight is 498 g/mol. The van der Waals surface area contributed by atoms with E-state index in [-0.39, 0.29) is 6.54 Å². The van der Waals surface area contributed by atoms with Crippen LogP contribution in [0.25, 0.3) is 0 Å². The SMILES string of the molecule is COC(=O)[C@]1(C)CN(C(=O)Nc2ccc(I)cc2)N=C1c1ccc(Cl)cc1. The molecule has 0 saturated heterocycles. The van der Waals surface area contributed by atoms with Crippen LogP contribution in [0, 0.1) is 8.99 Å². The Kier molecular flexibility index (Phi) is 5.71. The van der Waals surface area contributed by atoms with Crippen molar-refractivity contribution in [3.63, 3.8) is 0 Å². The van der Waals surface area contributed by atoms with Crippen molar-refractivity contribution in [3.05, 3.63) is 62.7 Å². The van der Waals surface area contributed by atoms with Gasteiger partial charge in [-0.2, -0.15) is 5.10 Å². The Morgan fingerprint density at radius 1 is 1.19 bits per heavy atom. The van der Waals surface area contributed by atoms with Crippen molar-refractivity contribution in [3.8, 4) is 0 Å². The third kappa shape index (κ3) is 4.08. The highest BCUT2D eigenvalue weighted by Gasteiger charge is 2.48. The molecular weight excluding hydrogens is 481 g/mol. The molecule has 2 amide bonds. The van der Waals surface area contributed by atoms with E-state index < -0.39 is 17.4 Å². The van der Waals surface area contributed by atoms with Gasteiger partial charge in [-0.1, -0.05) is 23.7 Å². The molecule has 1 heterocycles. The molecule has 0 aromatic heterocycles. The van der Waals surface area contributed by atoms with Crippen LogP contribution < -0.4 is 5.32 Å². The summed E-state index contributed by atoms with van der Waals surface area (Å²) in [5, 5.41) is 9.03. The van der Waals surface area contributed by atoms with Crippen LogP contribution in [-0.4, -0.2) is 36.4 Å². The Hall–Kier alpha value is -2.13. The van der Waals surface area contributed by atoms with E-state index in [4.69, 9.17) is 16.3 Å². The van der Waals surface area contributed by atoms with Gasteiger partial charge in [0.1, 0.15) is 5.41 Å². The number of amides is 2. The van der Waals surface area contributed by atoms with Crippen molar-refractivity contribution in [2.24, 2.45) is 10.5 Å². The van der Waals surface area contributed by atoms with Gasteiger partial charge in [0.15, 0.2) is 0 Å². The van der Waals surface area contributed by atoms with Crippen LogP contribution in [0.4, 0.5) is 10.5 Å². The van der Waals surface area contributed by atoms with Crippen molar-refractivity contribution in [1.82, 2.24) is 5.01 Å². The molecule has 1 aliphatic heterocycles. The second-order valence-corrected chi connectivity index (χ2v) is 7.96. The molecule has 1 N–H and O–H groups in total. The van der Waals surface area contributed by atoms with E-state index in [1.54, 1.807) is 43.3 Å². The number of esters is 1. The van der Waals surface area contributed by atoms with E-state index in [2.05, 4.69) is 33.0 Å². The molecule has 0 spiro atoms. The van der Waals surface area contributed by atoms with Gasteiger partial charge in [0.25, 0.3) is 0 Å². The van der Waals surface area contributed by atoms with E-state index in [9.17, 15) is 9.59 Å². The Labute approximate surface area is 175 Å². The number of methoxy groups -OCH3 is 1. The molecule has 3 rings (SSSR count). The number of rotatable bonds is 3. The molecule has 140 valence electrons. The molecule has 0 radical (unpaired) electrons. The van der Waals surface area contributed by atoms with E-state index >= 15 is 0 Å². The zero-order valence-corrected chi connectivity index (χ0v) is 17.6. The summed E-state index contributed by atoms with van der Waals surface area (Å²) >= 11 is 8.14. The zero-order chi connectivity index (χ0) is 19.6. The third-order valence-electron chi connectivity index (χ3n) is 4.29. The van der Waals surface area contributed by atoms with Gasteiger partial charge < -0.3 is 10.1 Å². The first kappa shape index (κ1) is 19.6. The maximum absolute atomic E-state index is 12.7. The monoisotopic (exact) mass is 497 g/mol. The molecule has 8 heteroatoms. The van der Waals surface area contributed by atoms with Crippen molar-refractivity contribution < 1.29 is 14.3 Å². The number of hydrogen-bond acceptors (Lipinski definition) is 4. The number of halogens is 2. The van der Waals surface area contributed by atoms with E-state index in [0.29, 0.717) is 22.0 Å². The molecule has 0 bridgehead atoms. The maximum atomic E-state index is 12.7. The van der Waals surface area contributed by atoms with Gasteiger partial charge in [0.2, 0.25) is 0 Å². The highest BCUT2D eigenvalue weighted by Crippen LogP contribution is 2.33. The lowest BCUT2D eigenvalue weighted by atomic mass is 9.82. The van der Waals surface area contributed by atoms with Gasteiger partial charge in [-0.05, 0) is 71.5 Å². The number of carbonyl (C=O) groups is 2. The Morgan fingerprint density at radius 2 is 1.81 bits per heavy atom. The summed E-state index contributed by atoms with van der Waals surface area (Å²) in [6, 6.07) is 13.9. The van der Waals surface area contributed by atoms with Crippen LogP contribution in [0.1, 0.15) is 12.5 Å². The van der Waals surface area contributed by atoms with E-state index in [1.165, 1.54) is 12.1 Å². The number of urea groups is 1. The standard InChI is InChI=1S/C19H17ClIN3O3/c1-19(17(25)27-2)11-24(18(26)22-15-9-7-14(21)8-10-15)23-16(19)12-3-5-13(20)6-4-12/h3-10H,11H2,1-2H3,(H,22,26)/t19-/m1/s1. The van der Waals surface area contributed by atoms with Crippen LogP contribution in [0.3, 0.4) is 0 Å². The Bertz CT molecular complexity index is 899. The van der Waals surface area contributed by atoms with Crippen LogP contribution in [0.15, 0.2) is 53.6 Å². The summed E-state index contributed by atoms with van der Waals surface area (Å²) in [7, 11) is 1.32. The lowest BCUT2D eigenvalue weighted by Gasteiger charge is -2.23. The largest absolute Gasteiger partial charge is 0.468 e. The highest BCUT2D eigenvalue weighted by molar-refractivity contribution is 14.1. The molecule has 2 aromatic rings. The van der Waals surface area contributed by atoms with Crippen LogP contribution >= 0.6 is 34.2 Å². The van der Waals surface area contributed by atoms with Gasteiger partial charge >= 0.3 is 12.0 Å². The predicted octanol–water partition coefficient (Wildman–Crippen LogP) is 4.38. The molecule has 1 aliphatic rings. The molecule has 1 atom stereocenters. The van der Waals surface area contributed by atoms with Gasteiger partial charge in [-0.3, -0.25) is 4.79 Å². The zero-order valence-electron chi connectivity index (χ0n) is 14.7. The smallest absolute Gasteiger partial charge is 0.342 e. The topological polar surface area (TPSA) is 71.0 Å². The number of hydrazone groups is 1. The first-order valence-corrected chi connectivity index (χ1v) is 9.57. The number of carbonyl (C=O) groups excluding carboxylic acids is 2. The fraction of sp³-hybridized carbons (Fsp3) is 0.211. The van der Waals surface area contributed by atoms with Gasteiger partial charge in [-0.15, -0.1) is 0 Å². The fourth-order valence-corrected chi connectivity index (χ4v) is 3.34. The van der Waals surface area contributed by atoms with Crippen molar-refractivity contribution in [2.45, 2.75) is 6.92 Å². The van der Waals surface area contributed by atoms with Gasteiger partial charge in [0, 0.05) is 14.3 Å². The second kappa shape index (κ2) is 7.85. The Morgan fingerprint density at radius 3 is 2.41 bits per heavy atom. The van der Waals surface area contributed by atoms with Crippen LogP contribution in [0.2, 0.25) is 5.02 Å². The van der Waals surface area contributed by atoms with Crippen molar-refractivity contribution >= 4 is 57.6 Å². The lowest BCUT2D eigenvalue weighted by molar-refractivity contribution is -0.147. The summed E-state index contributed by atoms with van der Waals surface area (Å²) in [6.45, 7) is 1.79. The summed E-state index contributed by atoms with van der Waals surface area (Å²) in [6.07, 6.45) is 0. The lowest BCUT2D eigenvalue weighted by Crippen LogP contribution is -2.42. The van der Waals surface area contributed by atoms with Crippen LogP contribution in [0.5, 0.6) is 0 Å². The highest BCUT2D eigenvalue weighted by atomic mass is 127. The third-order valence-corrected chi connectivity index (χ3v) is 5.26. The number of anilines is 1. The molecule has 6 nitrogen and oxygen atoms in total. The van der Waals surface area contributed by atoms with Crippen molar-refractivity contribution in [1.29, 1.82) is 0 Å². The Balaban J connectivity index is 1.90. The van der Waals surface area contributed by atoms with Crippen LogP contribution in [-0.2, 0) is 9.53 Å². The minimum atomic E-state index is -1.08. The maximum Gasteiger partial charge on any atom is 0.342 e. The first-order chi connectivity index (χ1) is 12.8. The number of hydrogen-bond donors (Lipinski definition) is 1. The molecule has 0 aliphatic carbocycles. The number of ether oxygens (including phenoxy) is 1. The fourth-order valence-electron chi connectivity index (χ4n) is 2.85. The molecule has 0 saturated carbocycles. The minimum Gasteiger partial charge on any atom is -0.468 e. The number of nitrogens with one attached hydrogen (secondary N) is 1. The molecule has 27 heavy (non-hydrogen) atoms. The molecule has 2 aromatic carbocycles. The second-order valence-electron chi connectivity index (χ2n) is 6.27. The quantitative estimate of drug-likeness (QED) is 0.505. The number of nitrogens with zero attached hydrogens (tertiary/aromatic N) is 2. The molecule has 0 fully saturated rings. The summed E-state index contributed by atoms with van der Waals surface area (Å²) in [4.78, 5) is 25.1. The van der Waals surface area contributed by atoms with E-state index in [1.807, 2.05) is 12.1 Å². The minimum absolute atomic E-state index is 0.0772. The summed E-state index contributed by atoms with van der Waals surface area (Å²) in [5.41, 5.74) is 0.738. The summed E-state index contributed by atoms with van der Waals surface area (Å²) < 4.78 is 6.03. The molecular formula is C19H17ClIN3O3. The van der Waals surface area contributed by atoms with E-state index in [0.717, 1.165) is 3.57 Å². The first-order valence-electron chi connectivity index (χ1n) is 8.11. The summed E-state index contributed by atoms with van der Waals surface area (Å²) in [5.74, 6) is -0.458. The normalized spacial score (nSPS) is 18.8. The molecule has 0 unspecified atom stereocenters. The number of benzene rings is 2. The predicted molar refractivity (Wildman–Crippen MR) is 113 cm³/mol.